The normalized spacial score (nSPS) is 18.3. The zero-order valence-corrected chi connectivity index (χ0v) is 20.3. The average molecular weight is 540 g/mol. The van der Waals surface area contributed by atoms with Gasteiger partial charge < -0.3 is 30.4 Å². The number of amides is 2. The van der Waals surface area contributed by atoms with Crippen molar-refractivity contribution in [3.8, 4) is 0 Å². The van der Waals surface area contributed by atoms with E-state index in [0.29, 0.717) is 18.7 Å². The lowest BCUT2D eigenvalue weighted by Gasteiger charge is -2.37. The van der Waals surface area contributed by atoms with Crippen molar-refractivity contribution in [2.75, 3.05) is 31.6 Å². The number of hydrogen-bond donors (Lipinski definition) is 4. The van der Waals surface area contributed by atoms with Gasteiger partial charge in [0.15, 0.2) is 10.8 Å². The van der Waals surface area contributed by atoms with E-state index in [1.807, 2.05) is 5.32 Å². The van der Waals surface area contributed by atoms with Crippen LogP contribution in [0.3, 0.4) is 0 Å². The topological polar surface area (TPSA) is 137 Å². The van der Waals surface area contributed by atoms with E-state index < -0.39 is 48.6 Å². The van der Waals surface area contributed by atoms with E-state index in [0.717, 1.165) is 11.3 Å². The fourth-order valence-corrected chi connectivity index (χ4v) is 4.81. The van der Waals surface area contributed by atoms with Crippen molar-refractivity contribution < 1.29 is 33.0 Å². The van der Waals surface area contributed by atoms with Crippen LogP contribution in [-0.2, 0) is 4.74 Å². The molecule has 3 heterocycles. The van der Waals surface area contributed by atoms with Crippen LogP contribution >= 0.6 is 34.5 Å². The van der Waals surface area contributed by atoms with Crippen LogP contribution in [0.25, 0.3) is 0 Å². The number of alkyl halides is 2. The minimum atomic E-state index is -2.78. The van der Waals surface area contributed by atoms with E-state index in [2.05, 4.69) is 15.3 Å². The van der Waals surface area contributed by atoms with Crippen LogP contribution in [0.15, 0.2) is 0 Å². The zero-order valence-electron chi connectivity index (χ0n) is 18.0. The molecule has 0 bridgehead atoms. The predicted molar refractivity (Wildman–Crippen MR) is 122 cm³/mol. The first-order valence-electron chi connectivity index (χ1n) is 9.96. The second kappa shape index (κ2) is 10.8. The summed E-state index contributed by atoms with van der Waals surface area (Å²) < 4.78 is 30.3. The Morgan fingerprint density at radius 2 is 2.03 bits per heavy atom. The molecule has 0 spiro atoms. The van der Waals surface area contributed by atoms with Crippen LogP contribution in [0.5, 0.6) is 0 Å². The Morgan fingerprint density at radius 3 is 2.59 bits per heavy atom. The van der Waals surface area contributed by atoms with Gasteiger partial charge in [-0.05, 0) is 13.3 Å². The van der Waals surface area contributed by atoms with Crippen molar-refractivity contribution in [3.63, 3.8) is 0 Å². The lowest BCUT2D eigenvalue weighted by Crippen LogP contribution is -2.55. The molecule has 0 aromatic carbocycles. The van der Waals surface area contributed by atoms with E-state index in [9.17, 15) is 28.3 Å². The fourth-order valence-electron chi connectivity index (χ4n) is 3.46. The molecule has 0 saturated carbocycles. The molecule has 0 radical (unpaired) electrons. The first kappa shape index (κ1) is 26.1. The number of carbonyl (C=O) groups excluding carboxylic acids is 2. The van der Waals surface area contributed by atoms with Gasteiger partial charge in [0.1, 0.15) is 10.6 Å². The number of aromatic carboxylic acids is 1. The number of carbonyl (C=O) groups is 3. The minimum Gasteiger partial charge on any atom is -0.477 e. The Labute approximate surface area is 206 Å². The number of halogens is 4. The second-order valence-corrected chi connectivity index (χ2v) is 9.16. The zero-order chi connectivity index (χ0) is 25.2. The number of carboxylic acids is 1. The molecule has 2 aromatic heterocycles. The molecular weight excluding hydrogens is 519 g/mol. The summed E-state index contributed by atoms with van der Waals surface area (Å²) in [6, 6.07) is -0.403. The minimum absolute atomic E-state index is 0.115. The summed E-state index contributed by atoms with van der Waals surface area (Å²) in [4.78, 5) is 44.7. The van der Waals surface area contributed by atoms with E-state index in [4.69, 9.17) is 27.9 Å². The number of ether oxygens (including phenoxy) is 1. The van der Waals surface area contributed by atoms with Crippen LogP contribution in [0.4, 0.5) is 13.9 Å². The number of nitrogens with zero attached hydrogens (tertiary/aromatic N) is 2. The third-order valence-electron chi connectivity index (χ3n) is 5.17. The number of aromatic nitrogens is 2. The molecule has 4 N–H and O–H groups in total. The third-order valence-corrected chi connectivity index (χ3v) is 7.22. The fraction of sp³-hybridized carbons (Fsp3) is 0.474. The number of anilines is 1. The summed E-state index contributed by atoms with van der Waals surface area (Å²) in [5.41, 5.74) is 0.249. The lowest BCUT2D eigenvalue weighted by atomic mass is 10.0. The maximum absolute atomic E-state index is 12.7. The number of thiazole rings is 1. The van der Waals surface area contributed by atoms with Crippen LogP contribution in [0.1, 0.15) is 42.8 Å². The highest BCUT2D eigenvalue weighted by atomic mass is 35.5. The summed E-state index contributed by atoms with van der Waals surface area (Å²) in [6.07, 6.45) is -2.88. The van der Waals surface area contributed by atoms with Gasteiger partial charge in [-0.3, -0.25) is 9.59 Å². The largest absolute Gasteiger partial charge is 0.477 e. The summed E-state index contributed by atoms with van der Waals surface area (Å²) in [6.45, 7) is 1.35. The van der Waals surface area contributed by atoms with Crippen molar-refractivity contribution in [3.05, 3.63) is 32.0 Å². The molecule has 34 heavy (non-hydrogen) atoms. The Balaban J connectivity index is 1.73. The Hall–Kier alpha value is -2.48. The maximum Gasteiger partial charge on any atom is 0.348 e. The van der Waals surface area contributed by atoms with Gasteiger partial charge in [0.25, 0.3) is 18.2 Å². The Kier molecular flexibility index (Phi) is 8.34. The van der Waals surface area contributed by atoms with Crippen molar-refractivity contribution >= 4 is 57.5 Å². The molecule has 1 saturated heterocycles. The SMILES string of the molecule is CO[C@H]1CN(c2nc(C(=O)NCC(F)F)c(C(=O)O)s2)CC[C@H]1NC(=O)c1[nH]c(C)c(Cl)c1Cl. The molecule has 2 aromatic rings. The summed E-state index contributed by atoms with van der Waals surface area (Å²) >= 11 is 12.9. The van der Waals surface area contributed by atoms with E-state index >= 15 is 0 Å². The second-order valence-electron chi connectivity index (χ2n) is 7.42. The lowest BCUT2D eigenvalue weighted by molar-refractivity contribution is 0.0540. The average Bonchev–Trinajstić information content (AvgIpc) is 3.35. The van der Waals surface area contributed by atoms with Gasteiger partial charge in [-0.25, -0.2) is 18.6 Å². The molecule has 1 aliphatic heterocycles. The molecular formula is C19H21Cl2F2N5O5S. The monoisotopic (exact) mass is 539 g/mol. The number of aromatic amines is 1. The molecule has 10 nitrogen and oxygen atoms in total. The summed E-state index contributed by atoms with van der Waals surface area (Å²) in [5, 5.41) is 14.8. The van der Waals surface area contributed by atoms with Crippen LogP contribution in [-0.4, -0.2) is 78.2 Å². The molecule has 15 heteroatoms. The molecule has 1 fully saturated rings. The highest BCUT2D eigenvalue weighted by Gasteiger charge is 2.34. The maximum atomic E-state index is 12.7. The number of H-pyrrole nitrogens is 1. The molecule has 0 aliphatic carbocycles. The van der Waals surface area contributed by atoms with E-state index in [1.165, 1.54) is 7.11 Å². The van der Waals surface area contributed by atoms with Gasteiger partial charge >= 0.3 is 5.97 Å². The predicted octanol–water partition coefficient (Wildman–Crippen LogP) is 2.80. The highest BCUT2D eigenvalue weighted by molar-refractivity contribution is 7.17. The molecule has 2 amide bonds. The molecule has 186 valence electrons. The van der Waals surface area contributed by atoms with Crippen LogP contribution in [0.2, 0.25) is 10.0 Å². The van der Waals surface area contributed by atoms with Gasteiger partial charge in [-0.2, -0.15) is 0 Å². The molecule has 2 atom stereocenters. The number of piperidine rings is 1. The molecule has 0 unspecified atom stereocenters. The Bertz CT molecular complexity index is 1100. The van der Waals surface area contributed by atoms with Gasteiger partial charge in [-0.1, -0.05) is 34.5 Å². The highest BCUT2D eigenvalue weighted by Crippen LogP contribution is 2.31. The van der Waals surface area contributed by atoms with E-state index in [1.54, 1.807) is 11.8 Å². The van der Waals surface area contributed by atoms with Crippen molar-refractivity contribution in [2.45, 2.75) is 31.9 Å². The van der Waals surface area contributed by atoms with Gasteiger partial charge in [0.05, 0.1) is 28.7 Å². The number of aryl methyl sites for hydroxylation is 1. The number of rotatable bonds is 8. The van der Waals surface area contributed by atoms with Crippen LogP contribution < -0.4 is 15.5 Å². The van der Waals surface area contributed by atoms with Gasteiger partial charge in [-0.15, -0.1) is 0 Å². The molecule has 1 aliphatic rings. The first-order valence-corrected chi connectivity index (χ1v) is 11.5. The number of methoxy groups -OCH3 is 1. The quantitative estimate of drug-likeness (QED) is 0.404. The van der Waals surface area contributed by atoms with Crippen molar-refractivity contribution in [1.82, 2.24) is 20.6 Å². The summed E-state index contributed by atoms with van der Waals surface area (Å²) in [7, 11) is 1.46. The Morgan fingerprint density at radius 1 is 1.32 bits per heavy atom. The smallest absolute Gasteiger partial charge is 0.348 e. The van der Waals surface area contributed by atoms with Crippen LogP contribution in [0, 0.1) is 6.92 Å². The van der Waals surface area contributed by atoms with Crippen molar-refractivity contribution in [2.24, 2.45) is 0 Å². The standard InChI is InChI=1S/C19H21Cl2F2N5O5S/c1-7-11(20)12(21)13(25-7)17(30)26-8-3-4-28(6-9(8)33-2)19-27-14(15(34-19)18(31)32)16(29)24-5-10(22)23/h8-10,25H,3-6H2,1-2H3,(H,24,29)(H,26,30)(H,31,32)/t8-,9+/m1/s1. The first-order chi connectivity index (χ1) is 16.0. The van der Waals surface area contributed by atoms with Gasteiger partial charge in [0.2, 0.25) is 0 Å². The third kappa shape index (κ3) is 5.59. The number of carboxylic acid groups (broad SMARTS) is 1. The van der Waals surface area contributed by atoms with E-state index in [-0.39, 0.29) is 32.3 Å². The van der Waals surface area contributed by atoms with Gasteiger partial charge in [0, 0.05) is 25.9 Å². The number of hydrogen-bond acceptors (Lipinski definition) is 7. The summed E-state index contributed by atoms with van der Waals surface area (Å²) in [5.74, 6) is -2.85. The molecule has 3 rings (SSSR count). The van der Waals surface area contributed by atoms with Crippen molar-refractivity contribution in [1.29, 1.82) is 0 Å². The number of nitrogens with one attached hydrogen (secondary N) is 3.